The highest BCUT2D eigenvalue weighted by Gasteiger charge is 2.07. The van der Waals surface area contributed by atoms with Crippen LogP contribution in [0.2, 0.25) is 5.02 Å². The molecule has 1 nitrogen and oxygen atoms in total. The van der Waals surface area contributed by atoms with Gasteiger partial charge >= 0.3 is 0 Å². The smallest absolute Gasteiger partial charge is 0.152 e. The van der Waals surface area contributed by atoms with E-state index in [1.54, 1.807) is 30.3 Å². The van der Waals surface area contributed by atoms with E-state index < -0.39 is 0 Å². The molecule has 0 aliphatic rings. The van der Waals surface area contributed by atoms with Crippen molar-refractivity contribution in [2.24, 2.45) is 0 Å². The molecule has 0 fully saturated rings. The van der Waals surface area contributed by atoms with Crippen LogP contribution in [0.5, 0.6) is 0 Å². The molecular formula is C13H8ClFO. The lowest BCUT2D eigenvalue weighted by Gasteiger charge is -2.06. The third-order valence-electron chi connectivity index (χ3n) is 2.33. The molecule has 0 unspecified atom stereocenters. The van der Waals surface area contributed by atoms with E-state index >= 15 is 0 Å². The first-order chi connectivity index (χ1) is 7.72. The summed E-state index contributed by atoms with van der Waals surface area (Å²) >= 11 is 5.91. The molecule has 0 saturated heterocycles. The van der Waals surface area contributed by atoms with Gasteiger partial charge in [0.15, 0.2) is 6.29 Å². The Kier molecular flexibility index (Phi) is 3.02. The number of aldehydes is 1. The third-order valence-corrected chi connectivity index (χ3v) is 2.66. The Hall–Kier alpha value is -1.67. The van der Waals surface area contributed by atoms with Crippen molar-refractivity contribution in [2.45, 2.75) is 0 Å². The molecule has 2 aromatic rings. The highest BCUT2D eigenvalue weighted by atomic mass is 35.5. The van der Waals surface area contributed by atoms with E-state index in [4.69, 9.17) is 11.6 Å². The second kappa shape index (κ2) is 4.45. The second-order valence-electron chi connectivity index (χ2n) is 3.33. The van der Waals surface area contributed by atoms with Gasteiger partial charge in [-0.25, -0.2) is 4.39 Å². The van der Waals surface area contributed by atoms with Gasteiger partial charge in [0.1, 0.15) is 5.82 Å². The highest BCUT2D eigenvalue weighted by Crippen LogP contribution is 2.27. The summed E-state index contributed by atoms with van der Waals surface area (Å²) in [6, 6.07) is 11.1. The van der Waals surface area contributed by atoms with Gasteiger partial charge in [-0.3, -0.25) is 4.79 Å². The molecule has 0 N–H and O–H groups in total. The van der Waals surface area contributed by atoms with Gasteiger partial charge in [0.05, 0.1) is 5.02 Å². The first-order valence-electron chi connectivity index (χ1n) is 4.72. The van der Waals surface area contributed by atoms with Crippen molar-refractivity contribution in [2.75, 3.05) is 0 Å². The second-order valence-corrected chi connectivity index (χ2v) is 3.73. The van der Waals surface area contributed by atoms with Crippen molar-refractivity contribution < 1.29 is 9.18 Å². The maximum Gasteiger partial charge on any atom is 0.152 e. The lowest BCUT2D eigenvalue weighted by molar-refractivity contribution is 0.112. The van der Waals surface area contributed by atoms with Crippen molar-refractivity contribution in [3.05, 3.63) is 58.9 Å². The molecule has 0 bridgehead atoms. The van der Waals surface area contributed by atoms with Crippen molar-refractivity contribution in [3.63, 3.8) is 0 Å². The number of carbonyl (C=O) groups excluding carboxylic acids is 1. The van der Waals surface area contributed by atoms with E-state index in [-0.39, 0.29) is 5.82 Å². The van der Waals surface area contributed by atoms with Crippen LogP contribution in [-0.4, -0.2) is 6.29 Å². The Labute approximate surface area is 97.5 Å². The van der Waals surface area contributed by atoms with Gasteiger partial charge in [0.25, 0.3) is 0 Å². The Morgan fingerprint density at radius 2 is 1.75 bits per heavy atom. The first kappa shape index (κ1) is 10.8. The van der Waals surface area contributed by atoms with Gasteiger partial charge in [0, 0.05) is 5.56 Å². The zero-order valence-electron chi connectivity index (χ0n) is 8.28. The standard InChI is InChI=1S/C13H8ClFO/c14-13-3-1-2-11(12(13)8-16)9-4-6-10(15)7-5-9/h1-8H. The predicted octanol–water partition coefficient (Wildman–Crippen LogP) is 3.96. The molecule has 3 heteroatoms. The van der Waals surface area contributed by atoms with Gasteiger partial charge in [-0.05, 0) is 29.3 Å². The fraction of sp³-hybridized carbons (Fsp3) is 0. The summed E-state index contributed by atoms with van der Waals surface area (Å²) in [5, 5.41) is 0.400. The maximum atomic E-state index is 12.8. The molecule has 0 aliphatic heterocycles. The van der Waals surface area contributed by atoms with E-state index in [1.165, 1.54) is 12.1 Å². The van der Waals surface area contributed by atoms with Gasteiger partial charge < -0.3 is 0 Å². The van der Waals surface area contributed by atoms with Crippen LogP contribution < -0.4 is 0 Å². The van der Waals surface area contributed by atoms with E-state index in [0.717, 1.165) is 5.56 Å². The predicted molar refractivity (Wildman–Crippen MR) is 62.2 cm³/mol. The van der Waals surface area contributed by atoms with Crippen LogP contribution in [0.15, 0.2) is 42.5 Å². The lowest BCUT2D eigenvalue weighted by atomic mass is 10.0. The number of rotatable bonds is 2. The fourth-order valence-corrected chi connectivity index (χ4v) is 1.76. The van der Waals surface area contributed by atoms with Gasteiger partial charge in [-0.15, -0.1) is 0 Å². The molecular weight excluding hydrogens is 227 g/mol. The Morgan fingerprint density at radius 1 is 1.06 bits per heavy atom. The molecule has 80 valence electrons. The van der Waals surface area contributed by atoms with Gasteiger partial charge in [0.2, 0.25) is 0 Å². The topological polar surface area (TPSA) is 17.1 Å². The fourth-order valence-electron chi connectivity index (χ4n) is 1.54. The summed E-state index contributed by atoms with van der Waals surface area (Å²) in [4.78, 5) is 10.9. The van der Waals surface area contributed by atoms with Crippen molar-refractivity contribution >= 4 is 17.9 Å². The molecule has 2 aromatic carbocycles. The minimum Gasteiger partial charge on any atom is -0.298 e. The molecule has 0 amide bonds. The van der Waals surface area contributed by atoms with Crippen LogP contribution in [0.4, 0.5) is 4.39 Å². The molecule has 0 heterocycles. The minimum atomic E-state index is -0.307. The molecule has 0 atom stereocenters. The first-order valence-corrected chi connectivity index (χ1v) is 5.10. The Balaban J connectivity index is 2.59. The molecule has 0 spiro atoms. The normalized spacial score (nSPS) is 10.1. The van der Waals surface area contributed by atoms with Crippen molar-refractivity contribution in [3.8, 4) is 11.1 Å². The molecule has 0 aliphatic carbocycles. The number of halogens is 2. The summed E-state index contributed by atoms with van der Waals surface area (Å²) in [5.74, 6) is -0.307. The number of carbonyl (C=O) groups is 1. The molecule has 0 aromatic heterocycles. The molecule has 2 rings (SSSR count). The Morgan fingerprint density at radius 3 is 2.38 bits per heavy atom. The summed E-state index contributed by atoms with van der Waals surface area (Å²) in [5.41, 5.74) is 1.91. The van der Waals surface area contributed by atoms with Crippen molar-refractivity contribution in [1.82, 2.24) is 0 Å². The average molecular weight is 235 g/mol. The van der Waals surface area contributed by atoms with Crippen LogP contribution >= 0.6 is 11.6 Å². The van der Waals surface area contributed by atoms with Crippen LogP contribution in [0.3, 0.4) is 0 Å². The summed E-state index contributed by atoms with van der Waals surface area (Å²) in [7, 11) is 0. The Bertz CT molecular complexity index is 520. The van der Waals surface area contributed by atoms with Crippen LogP contribution in [-0.2, 0) is 0 Å². The maximum absolute atomic E-state index is 12.8. The van der Waals surface area contributed by atoms with Gasteiger partial charge in [-0.2, -0.15) is 0 Å². The minimum absolute atomic E-state index is 0.307. The van der Waals surface area contributed by atoms with E-state index in [0.29, 0.717) is 22.4 Å². The van der Waals surface area contributed by atoms with Crippen LogP contribution in [0.1, 0.15) is 10.4 Å². The summed E-state index contributed by atoms with van der Waals surface area (Å²) in [6.45, 7) is 0. The zero-order chi connectivity index (χ0) is 11.5. The summed E-state index contributed by atoms with van der Waals surface area (Å²) < 4.78 is 12.8. The molecule has 0 saturated carbocycles. The number of hydrogen-bond donors (Lipinski definition) is 0. The summed E-state index contributed by atoms with van der Waals surface area (Å²) in [6.07, 6.45) is 0.709. The number of benzene rings is 2. The third kappa shape index (κ3) is 1.97. The largest absolute Gasteiger partial charge is 0.298 e. The molecule has 16 heavy (non-hydrogen) atoms. The highest BCUT2D eigenvalue weighted by molar-refractivity contribution is 6.33. The monoisotopic (exact) mass is 234 g/mol. The van der Waals surface area contributed by atoms with Crippen LogP contribution in [0, 0.1) is 5.82 Å². The zero-order valence-corrected chi connectivity index (χ0v) is 9.04. The quantitative estimate of drug-likeness (QED) is 0.719. The van der Waals surface area contributed by atoms with E-state index in [9.17, 15) is 9.18 Å². The van der Waals surface area contributed by atoms with E-state index in [1.807, 2.05) is 0 Å². The van der Waals surface area contributed by atoms with E-state index in [2.05, 4.69) is 0 Å². The number of hydrogen-bond acceptors (Lipinski definition) is 1. The average Bonchev–Trinajstić information content (AvgIpc) is 2.30. The molecule has 0 radical (unpaired) electrons. The lowest BCUT2D eigenvalue weighted by Crippen LogP contribution is -1.89. The van der Waals surface area contributed by atoms with Crippen LogP contribution in [0.25, 0.3) is 11.1 Å². The SMILES string of the molecule is O=Cc1c(Cl)cccc1-c1ccc(F)cc1. The van der Waals surface area contributed by atoms with Gasteiger partial charge in [-0.1, -0.05) is 35.9 Å². The van der Waals surface area contributed by atoms with Crippen molar-refractivity contribution in [1.29, 1.82) is 0 Å².